The maximum atomic E-state index is 12.9. The molecule has 1 N–H and O–H groups in total. The summed E-state index contributed by atoms with van der Waals surface area (Å²) in [4.78, 5) is 40.1. The molecule has 0 spiro atoms. The molecule has 0 aromatic heterocycles. The number of rotatable bonds is 3. The van der Waals surface area contributed by atoms with Gasteiger partial charge in [-0.3, -0.25) is 14.4 Å². The highest BCUT2D eigenvalue weighted by Crippen LogP contribution is 2.27. The van der Waals surface area contributed by atoms with E-state index in [1.54, 1.807) is 28.0 Å². The molecule has 0 bridgehead atoms. The SMILES string of the molecule is O=C(O)C1CCN(C(=O)C2CCCN2C(=O)c2cc(Cl)cc(Cl)c2)CC1. The van der Waals surface area contributed by atoms with Gasteiger partial charge in [-0.2, -0.15) is 0 Å². The summed E-state index contributed by atoms with van der Waals surface area (Å²) < 4.78 is 0. The van der Waals surface area contributed by atoms with Crippen molar-refractivity contribution in [3.63, 3.8) is 0 Å². The molecule has 0 aliphatic carbocycles. The molecule has 3 rings (SSSR count). The number of carbonyl (C=O) groups is 3. The topological polar surface area (TPSA) is 77.9 Å². The van der Waals surface area contributed by atoms with Crippen molar-refractivity contribution in [3.8, 4) is 0 Å². The van der Waals surface area contributed by atoms with Crippen LogP contribution in [0.4, 0.5) is 0 Å². The first kappa shape index (κ1) is 19.0. The number of carbonyl (C=O) groups excluding carboxylic acids is 2. The lowest BCUT2D eigenvalue weighted by molar-refractivity contribution is -0.146. The quantitative estimate of drug-likeness (QED) is 0.848. The molecule has 1 aromatic rings. The highest BCUT2D eigenvalue weighted by atomic mass is 35.5. The molecule has 1 atom stereocenters. The normalized spacial score (nSPS) is 21.1. The summed E-state index contributed by atoms with van der Waals surface area (Å²) in [6, 6.07) is 4.14. The van der Waals surface area contributed by atoms with Crippen LogP contribution in [0.1, 0.15) is 36.0 Å². The molecule has 1 aromatic carbocycles. The van der Waals surface area contributed by atoms with E-state index >= 15 is 0 Å². The Hall–Kier alpha value is -1.79. The van der Waals surface area contributed by atoms with Gasteiger partial charge in [0.05, 0.1) is 5.92 Å². The van der Waals surface area contributed by atoms with E-state index in [1.807, 2.05) is 0 Å². The third-order valence-electron chi connectivity index (χ3n) is 5.06. The van der Waals surface area contributed by atoms with E-state index in [4.69, 9.17) is 28.3 Å². The van der Waals surface area contributed by atoms with Crippen molar-refractivity contribution in [2.75, 3.05) is 19.6 Å². The molecule has 2 heterocycles. The summed E-state index contributed by atoms with van der Waals surface area (Å²) in [5.74, 6) is -1.57. The number of piperidine rings is 1. The number of hydrogen-bond acceptors (Lipinski definition) is 3. The Bertz CT molecular complexity index is 712. The van der Waals surface area contributed by atoms with Gasteiger partial charge in [0.1, 0.15) is 6.04 Å². The summed E-state index contributed by atoms with van der Waals surface area (Å²) in [6.45, 7) is 1.33. The second-order valence-electron chi connectivity index (χ2n) is 6.75. The summed E-state index contributed by atoms with van der Waals surface area (Å²) in [5, 5.41) is 9.83. The lowest BCUT2D eigenvalue weighted by atomic mass is 9.96. The van der Waals surface area contributed by atoms with Crippen LogP contribution in [0.15, 0.2) is 18.2 Å². The van der Waals surface area contributed by atoms with Crippen molar-refractivity contribution in [1.29, 1.82) is 0 Å². The predicted octanol–water partition coefficient (Wildman–Crippen LogP) is 2.92. The number of amides is 2. The van der Waals surface area contributed by atoms with Crippen LogP contribution >= 0.6 is 23.2 Å². The number of halogens is 2. The van der Waals surface area contributed by atoms with Gasteiger partial charge < -0.3 is 14.9 Å². The van der Waals surface area contributed by atoms with E-state index < -0.39 is 17.9 Å². The van der Waals surface area contributed by atoms with Gasteiger partial charge in [0, 0.05) is 35.2 Å². The Morgan fingerprint density at radius 3 is 2.15 bits per heavy atom. The van der Waals surface area contributed by atoms with Gasteiger partial charge in [-0.1, -0.05) is 23.2 Å². The van der Waals surface area contributed by atoms with Gasteiger partial charge in [0.15, 0.2) is 0 Å². The molecule has 1 unspecified atom stereocenters. The number of nitrogens with zero attached hydrogens (tertiary/aromatic N) is 2. The number of hydrogen-bond donors (Lipinski definition) is 1. The Labute approximate surface area is 161 Å². The van der Waals surface area contributed by atoms with Crippen LogP contribution in [0.2, 0.25) is 10.0 Å². The first-order valence-electron chi connectivity index (χ1n) is 8.65. The largest absolute Gasteiger partial charge is 0.481 e. The third kappa shape index (κ3) is 3.96. The minimum absolute atomic E-state index is 0.104. The molecule has 2 fully saturated rings. The minimum atomic E-state index is -0.812. The number of benzene rings is 1. The maximum Gasteiger partial charge on any atom is 0.306 e. The van der Waals surface area contributed by atoms with Crippen LogP contribution in [0.5, 0.6) is 0 Å². The van der Waals surface area contributed by atoms with Crippen LogP contribution in [-0.2, 0) is 9.59 Å². The molecule has 2 aliphatic heterocycles. The van der Waals surface area contributed by atoms with Crippen molar-refractivity contribution in [2.24, 2.45) is 5.92 Å². The van der Waals surface area contributed by atoms with Crippen LogP contribution in [-0.4, -0.2) is 58.4 Å². The predicted molar refractivity (Wildman–Crippen MR) is 97.5 cm³/mol. The van der Waals surface area contributed by atoms with E-state index in [9.17, 15) is 14.4 Å². The monoisotopic (exact) mass is 398 g/mol. The lowest BCUT2D eigenvalue weighted by Gasteiger charge is -2.34. The molecule has 0 saturated carbocycles. The molecule has 2 aliphatic rings. The van der Waals surface area contributed by atoms with Gasteiger partial charge >= 0.3 is 5.97 Å². The molecule has 26 heavy (non-hydrogen) atoms. The summed E-state index contributed by atoms with van der Waals surface area (Å²) in [6.07, 6.45) is 2.26. The van der Waals surface area contributed by atoms with Crippen LogP contribution < -0.4 is 0 Å². The molecule has 0 radical (unpaired) electrons. The zero-order valence-electron chi connectivity index (χ0n) is 14.2. The second kappa shape index (κ2) is 7.84. The van der Waals surface area contributed by atoms with Crippen LogP contribution in [0, 0.1) is 5.92 Å². The van der Waals surface area contributed by atoms with E-state index in [0.717, 1.165) is 6.42 Å². The van der Waals surface area contributed by atoms with Crippen molar-refractivity contribution in [3.05, 3.63) is 33.8 Å². The molecule has 140 valence electrons. The molecular weight excluding hydrogens is 379 g/mol. The second-order valence-corrected chi connectivity index (χ2v) is 7.63. The first-order chi connectivity index (χ1) is 12.4. The zero-order valence-corrected chi connectivity index (χ0v) is 15.7. The Kier molecular flexibility index (Phi) is 5.73. The molecule has 8 heteroatoms. The highest BCUT2D eigenvalue weighted by molar-refractivity contribution is 6.35. The van der Waals surface area contributed by atoms with E-state index in [2.05, 4.69) is 0 Å². The number of aliphatic carboxylic acids is 1. The smallest absolute Gasteiger partial charge is 0.306 e. The summed E-state index contributed by atoms with van der Waals surface area (Å²) >= 11 is 12.0. The summed E-state index contributed by atoms with van der Waals surface area (Å²) in [5.41, 5.74) is 0.367. The molecule has 6 nitrogen and oxygen atoms in total. The van der Waals surface area contributed by atoms with Crippen molar-refractivity contribution < 1.29 is 19.5 Å². The standard InChI is InChI=1S/C18H20Cl2N2O4/c19-13-8-12(9-14(20)10-13)16(23)22-5-1-2-15(22)17(24)21-6-3-11(4-7-21)18(25)26/h8-11,15H,1-7H2,(H,25,26). The zero-order chi connectivity index (χ0) is 18.8. The average molecular weight is 399 g/mol. The van der Waals surface area contributed by atoms with Crippen molar-refractivity contribution in [1.82, 2.24) is 9.80 Å². The first-order valence-corrected chi connectivity index (χ1v) is 9.41. The third-order valence-corrected chi connectivity index (χ3v) is 5.50. The fourth-order valence-corrected chi connectivity index (χ4v) is 4.19. The number of carboxylic acid groups (broad SMARTS) is 1. The van der Waals surface area contributed by atoms with E-state index in [-0.39, 0.29) is 11.8 Å². The fraction of sp³-hybridized carbons (Fsp3) is 0.500. The van der Waals surface area contributed by atoms with Gasteiger partial charge in [-0.15, -0.1) is 0 Å². The maximum absolute atomic E-state index is 12.9. The van der Waals surface area contributed by atoms with Crippen LogP contribution in [0.3, 0.4) is 0 Å². The van der Waals surface area contributed by atoms with Crippen molar-refractivity contribution >= 4 is 41.0 Å². The molecule has 2 amide bonds. The van der Waals surface area contributed by atoms with E-state index in [0.29, 0.717) is 54.5 Å². The lowest BCUT2D eigenvalue weighted by Crippen LogP contribution is -2.50. The van der Waals surface area contributed by atoms with Gasteiger partial charge in [0.25, 0.3) is 5.91 Å². The minimum Gasteiger partial charge on any atom is -0.481 e. The van der Waals surface area contributed by atoms with Crippen molar-refractivity contribution in [2.45, 2.75) is 31.7 Å². The number of carboxylic acids is 1. The average Bonchev–Trinajstić information content (AvgIpc) is 3.09. The van der Waals surface area contributed by atoms with E-state index in [1.165, 1.54) is 0 Å². The molecular formula is C18H20Cl2N2O4. The van der Waals surface area contributed by atoms with Gasteiger partial charge in [0.2, 0.25) is 5.91 Å². The Morgan fingerprint density at radius 1 is 0.962 bits per heavy atom. The Morgan fingerprint density at radius 2 is 1.58 bits per heavy atom. The Balaban J connectivity index is 1.70. The molecule has 2 saturated heterocycles. The van der Waals surface area contributed by atoms with Gasteiger partial charge in [-0.25, -0.2) is 0 Å². The summed E-state index contributed by atoms with van der Waals surface area (Å²) in [7, 11) is 0. The fourth-order valence-electron chi connectivity index (χ4n) is 3.67. The van der Waals surface area contributed by atoms with Gasteiger partial charge in [-0.05, 0) is 43.9 Å². The number of likely N-dealkylation sites (tertiary alicyclic amines) is 2. The highest BCUT2D eigenvalue weighted by Gasteiger charge is 2.38. The van der Waals surface area contributed by atoms with Crippen LogP contribution in [0.25, 0.3) is 0 Å².